The summed E-state index contributed by atoms with van der Waals surface area (Å²) < 4.78 is 2.41. The van der Waals surface area contributed by atoms with Gasteiger partial charge in [-0.1, -0.05) is 20.3 Å². The average molecular weight is 248 g/mol. The molecule has 0 saturated carbocycles. The van der Waals surface area contributed by atoms with Crippen molar-refractivity contribution in [2.45, 2.75) is 57.8 Å². The highest BCUT2D eigenvalue weighted by molar-refractivity contribution is 7.09. The molecule has 0 fully saturated rings. The summed E-state index contributed by atoms with van der Waals surface area (Å²) >= 11 is 1.78. The van der Waals surface area contributed by atoms with Gasteiger partial charge in [0.15, 0.2) is 4.80 Å². The largest absolute Gasteiger partial charge is 0.318 e. The molecule has 2 atom stereocenters. The summed E-state index contributed by atoms with van der Waals surface area (Å²) in [6.07, 6.45) is 4.57. The smallest absolute Gasteiger partial charge is 0.185 e. The van der Waals surface area contributed by atoms with Crippen LogP contribution in [0.1, 0.15) is 56.6 Å². The van der Waals surface area contributed by atoms with Crippen molar-refractivity contribution in [3.8, 4) is 0 Å². The van der Waals surface area contributed by atoms with E-state index >= 15 is 0 Å². The molecule has 1 heterocycles. The van der Waals surface area contributed by atoms with Crippen molar-refractivity contribution in [1.29, 1.82) is 0 Å². The number of aromatic nitrogens is 1. The molecule has 1 aromatic heterocycles. The molecule has 0 amide bonds. The van der Waals surface area contributed by atoms with E-state index in [2.05, 4.69) is 30.3 Å². The van der Waals surface area contributed by atoms with Crippen LogP contribution in [0.2, 0.25) is 0 Å². The second-order valence-corrected chi connectivity index (χ2v) is 6.26. The fourth-order valence-corrected chi connectivity index (χ4v) is 3.95. The van der Waals surface area contributed by atoms with E-state index < -0.39 is 0 Å². The predicted molar refractivity (Wildman–Crippen MR) is 74.8 cm³/mol. The lowest BCUT2D eigenvalue weighted by Gasteiger charge is -2.31. The second kappa shape index (κ2) is 4.64. The van der Waals surface area contributed by atoms with Gasteiger partial charge in [0.1, 0.15) is 0 Å². The Labute approximate surface area is 109 Å². The Balaban J connectivity index is 2.64. The van der Waals surface area contributed by atoms with Crippen LogP contribution in [0.25, 0.3) is 0 Å². The quantitative estimate of drug-likeness (QED) is 0.716. The van der Waals surface area contributed by atoms with Gasteiger partial charge in [0.25, 0.3) is 0 Å². The molecule has 2 nitrogen and oxygen atoms in total. The molecule has 4 heteroatoms. The van der Waals surface area contributed by atoms with Crippen LogP contribution in [-0.2, 0) is 11.7 Å². The lowest BCUT2D eigenvalue weighted by Crippen LogP contribution is -2.28. The summed E-state index contributed by atoms with van der Waals surface area (Å²) in [5.41, 5.74) is 1.43. The summed E-state index contributed by atoms with van der Waals surface area (Å²) in [7, 11) is 8.30. The molecule has 92 valence electrons. The van der Waals surface area contributed by atoms with Crippen molar-refractivity contribution < 1.29 is 0 Å². The summed E-state index contributed by atoms with van der Waals surface area (Å²) in [5, 5.41) is -0.156. The molecule has 0 aromatic carbocycles. The van der Waals surface area contributed by atoms with E-state index in [4.69, 9.17) is 7.85 Å². The van der Waals surface area contributed by atoms with Crippen LogP contribution in [0.5, 0.6) is 0 Å². The molecular formula is C13H21BN2S. The van der Waals surface area contributed by atoms with Gasteiger partial charge in [-0.15, -0.1) is 11.3 Å². The molecule has 0 bridgehead atoms. The monoisotopic (exact) mass is 248 g/mol. The molecule has 2 unspecified atom stereocenters. The zero-order valence-electron chi connectivity index (χ0n) is 11.3. The van der Waals surface area contributed by atoms with Gasteiger partial charge >= 0.3 is 0 Å². The first-order valence-corrected chi connectivity index (χ1v) is 7.29. The Morgan fingerprint density at radius 2 is 2.29 bits per heavy atom. The first-order chi connectivity index (χ1) is 8.01. The van der Waals surface area contributed by atoms with Gasteiger partial charge in [0.05, 0.1) is 7.85 Å². The van der Waals surface area contributed by atoms with Crippen LogP contribution in [0, 0.1) is 0 Å². The minimum atomic E-state index is -0.156. The lowest BCUT2D eigenvalue weighted by molar-refractivity contribution is 0.461. The topological polar surface area (TPSA) is 17.3 Å². The molecule has 17 heavy (non-hydrogen) atoms. The molecule has 0 saturated heterocycles. The third-order valence-corrected chi connectivity index (χ3v) is 5.27. The van der Waals surface area contributed by atoms with E-state index in [-0.39, 0.29) is 5.31 Å². The van der Waals surface area contributed by atoms with Crippen LogP contribution in [0.4, 0.5) is 0 Å². The van der Waals surface area contributed by atoms with Gasteiger partial charge in [-0.25, -0.2) is 0 Å². The maximum atomic E-state index is 6.42. The minimum absolute atomic E-state index is 0.156. The standard InChI is InChI=1S/C13H21BN2S/c1-5-9(2)16-10-7-6-8-13(3,14)11(10)17-12(16)15-4/h9H,5-8H2,1-4H3. The third-order valence-electron chi connectivity index (χ3n) is 3.80. The summed E-state index contributed by atoms with van der Waals surface area (Å²) in [5.74, 6) is 0. The molecule has 1 aliphatic rings. The number of rotatable bonds is 2. The van der Waals surface area contributed by atoms with Crippen molar-refractivity contribution in [1.82, 2.24) is 4.57 Å². The Kier molecular flexibility index (Phi) is 3.53. The van der Waals surface area contributed by atoms with Crippen molar-refractivity contribution >= 4 is 19.2 Å². The van der Waals surface area contributed by atoms with E-state index in [1.54, 1.807) is 11.3 Å². The zero-order valence-corrected chi connectivity index (χ0v) is 12.1. The Hall–Kier alpha value is -0.505. The molecule has 0 N–H and O–H groups in total. The van der Waals surface area contributed by atoms with Crippen molar-refractivity contribution in [2.24, 2.45) is 4.99 Å². The molecule has 0 aliphatic heterocycles. The Morgan fingerprint density at radius 3 is 2.88 bits per heavy atom. The maximum Gasteiger partial charge on any atom is 0.185 e. The molecule has 0 spiro atoms. The first kappa shape index (κ1) is 12.9. The summed E-state index contributed by atoms with van der Waals surface area (Å²) in [6, 6.07) is 0.516. The van der Waals surface area contributed by atoms with E-state index in [1.807, 2.05) is 7.05 Å². The summed E-state index contributed by atoms with van der Waals surface area (Å²) in [4.78, 5) is 6.92. The molecule has 2 rings (SSSR count). The van der Waals surface area contributed by atoms with Crippen LogP contribution < -0.4 is 4.80 Å². The number of hydrogen-bond acceptors (Lipinski definition) is 2. The fourth-order valence-electron chi connectivity index (χ4n) is 2.63. The normalized spacial score (nSPS) is 26.9. The van der Waals surface area contributed by atoms with E-state index in [0.717, 1.165) is 24.1 Å². The fraction of sp³-hybridized carbons (Fsp3) is 0.769. The first-order valence-electron chi connectivity index (χ1n) is 6.47. The van der Waals surface area contributed by atoms with Gasteiger partial charge in [0.2, 0.25) is 0 Å². The highest BCUT2D eigenvalue weighted by atomic mass is 32.1. The number of fused-ring (bicyclic) bond motifs is 1. The predicted octanol–water partition coefficient (Wildman–Crippen LogP) is 2.77. The Morgan fingerprint density at radius 1 is 1.59 bits per heavy atom. The van der Waals surface area contributed by atoms with Gasteiger partial charge < -0.3 is 4.57 Å². The van der Waals surface area contributed by atoms with Crippen LogP contribution >= 0.6 is 11.3 Å². The number of hydrogen-bond donors (Lipinski definition) is 0. The lowest BCUT2D eigenvalue weighted by atomic mass is 9.63. The number of thiazole rings is 1. The molecule has 2 radical (unpaired) electrons. The van der Waals surface area contributed by atoms with E-state index in [9.17, 15) is 0 Å². The van der Waals surface area contributed by atoms with Crippen molar-refractivity contribution in [3.05, 3.63) is 15.4 Å². The molecule has 1 aromatic rings. The maximum absolute atomic E-state index is 6.42. The SMILES string of the molecule is [B]C1(C)CCCc2c1sc(=NC)n2C(C)CC. The van der Waals surface area contributed by atoms with Gasteiger partial charge in [-0.05, 0) is 31.5 Å². The molecular weight excluding hydrogens is 227 g/mol. The Bertz CT molecular complexity index is 470. The van der Waals surface area contributed by atoms with Gasteiger partial charge in [-0.3, -0.25) is 4.99 Å². The third kappa shape index (κ3) is 2.12. The van der Waals surface area contributed by atoms with Crippen molar-refractivity contribution in [2.75, 3.05) is 7.05 Å². The van der Waals surface area contributed by atoms with E-state index in [0.29, 0.717) is 6.04 Å². The van der Waals surface area contributed by atoms with E-state index in [1.165, 1.54) is 17.0 Å². The van der Waals surface area contributed by atoms with Gasteiger partial charge in [0, 0.05) is 23.7 Å². The highest BCUT2D eigenvalue weighted by Crippen LogP contribution is 2.37. The highest BCUT2D eigenvalue weighted by Gasteiger charge is 2.31. The van der Waals surface area contributed by atoms with Crippen LogP contribution in [-0.4, -0.2) is 19.5 Å². The van der Waals surface area contributed by atoms with Crippen LogP contribution in [0.15, 0.2) is 4.99 Å². The van der Waals surface area contributed by atoms with Crippen molar-refractivity contribution in [3.63, 3.8) is 0 Å². The number of nitrogens with zero attached hydrogens (tertiary/aromatic N) is 2. The minimum Gasteiger partial charge on any atom is -0.318 e. The average Bonchev–Trinajstić information content (AvgIpc) is 2.67. The van der Waals surface area contributed by atoms with Gasteiger partial charge in [-0.2, -0.15) is 0 Å². The van der Waals surface area contributed by atoms with Crippen LogP contribution in [0.3, 0.4) is 0 Å². The summed E-state index contributed by atoms with van der Waals surface area (Å²) in [6.45, 7) is 6.65. The second-order valence-electron chi connectivity index (χ2n) is 5.28. The molecule has 1 aliphatic carbocycles. The zero-order chi connectivity index (χ0) is 12.6.